The number of primary amides is 1. The minimum absolute atomic E-state index is 0.469. The molecule has 2 rings (SSSR count). The van der Waals surface area contributed by atoms with Crippen LogP contribution in [0.5, 0.6) is 0 Å². The number of hydrogen-bond acceptors (Lipinski definition) is 3. The molecule has 1 heterocycles. The number of carbonyl (C=O) groups excluding carboxylic acids is 1. The van der Waals surface area contributed by atoms with E-state index >= 15 is 0 Å². The fourth-order valence-electron chi connectivity index (χ4n) is 2.38. The number of amides is 1. The number of piperidine rings is 1. The van der Waals surface area contributed by atoms with Crippen molar-refractivity contribution in [1.29, 1.82) is 0 Å². The summed E-state index contributed by atoms with van der Waals surface area (Å²) in [5.41, 5.74) is 5.88. The molecule has 0 saturated carbocycles. The van der Waals surface area contributed by atoms with Crippen molar-refractivity contribution in [3.63, 3.8) is 0 Å². The molecule has 0 bridgehead atoms. The normalized spacial score (nSPS) is 19.3. The summed E-state index contributed by atoms with van der Waals surface area (Å²) in [6.07, 6.45) is 1.65. The maximum absolute atomic E-state index is 12.4. The van der Waals surface area contributed by atoms with Gasteiger partial charge < -0.3 is 5.73 Å². The van der Waals surface area contributed by atoms with Crippen molar-refractivity contribution in [3.8, 4) is 0 Å². The first-order chi connectivity index (χ1) is 9.90. The van der Waals surface area contributed by atoms with Gasteiger partial charge in [-0.15, -0.1) is 0 Å². The Morgan fingerprint density at radius 3 is 2.38 bits per heavy atom. The Morgan fingerprint density at radius 1 is 1.29 bits per heavy atom. The van der Waals surface area contributed by atoms with Crippen LogP contribution in [0.1, 0.15) is 31.4 Å². The van der Waals surface area contributed by atoms with Gasteiger partial charge in [0.2, 0.25) is 5.91 Å². The lowest BCUT2D eigenvalue weighted by Gasteiger charge is -2.30. The second kappa shape index (κ2) is 6.55. The lowest BCUT2D eigenvalue weighted by atomic mass is 10.0. The molecule has 1 amide bonds. The molecule has 1 aliphatic heterocycles. The molecule has 1 saturated heterocycles. The first-order valence-electron chi connectivity index (χ1n) is 7.02. The Balaban J connectivity index is 2.15. The van der Waals surface area contributed by atoms with E-state index in [4.69, 9.17) is 5.73 Å². The van der Waals surface area contributed by atoms with Gasteiger partial charge in [0, 0.05) is 13.1 Å². The van der Waals surface area contributed by atoms with Crippen molar-refractivity contribution in [2.45, 2.75) is 25.8 Å². The Hall–Kier alpha value is -1.44. The molecule has 7 heteroatoms. The van der Waals surface area contributed by atoms with E-state index in [-0.39, 0.29) is 0 Å². The summed E-state index contributed by atoms with van der Waals surface area (Å²) in [5, 5.41) is 0. The second-order valence-corrected chi connectivity index (χ2v) is 7.15. The highest BCUT2D eigenvalue weighted by Gasteiger charge is 2.31. The zero-order valence-corrected chi connectivity index (χ0v) is 12.8. The average molecular weight is 311 g/mol. The van der Waals surface area contributed by atoms with Crippen molar-refractivity contribution < 1.29 is 13.2 Å². The maximum Gasteiger partial charge on any atom is 0.280 e. The fraction of sp³-hybridized carbons (Fsp3) is 0.500. The van der Waals surface area contributed by atoms with Crippen LogP contribution in [0.3, 0.4) is 0 Å². The molecule has 0 radical (unpaired) electrons. The van der Waals surface area contributed by atoms with Crippen LogP contribution >= 0.6 is 0 Å². The van der Waals surface area contributed by atoms with Gasteiger partial charge in [-0.2, -0.15) is 17.4 Å². The highest BCUT2D eigenvalue weighted by atomic mass is 32.2. The van der Waals surface area contributed by atoms with E-state index in [0.717, 1.165) is 12.8 Å². The van der Waals surface area contributed by atoms with Gasteiger partial charge in [0.25, 0.3) is 10.2 Å². The van der Waals surface area contributed by atoms with Gasteiger partial charge in [-0.25, -0.2) is 0 Å². The van der Waals surface area contributed by atoms with Gasteiger partial charge in [0.05, 0.1) is 0 Å². The molecule has 1 aromatic rings. The molecule has 116 valence electrons. The molecule has 1 fully saturated rings. The average Bonchev–Trinajstić information content (AvgIpc) is 2.46. The molecular formula is C14H21N3O3S. The topological polar surface area (TPSA) is 92.5 Å². The van der Waals surface area contributed by atoms with Crippen molar-refractivity contribution in [3.05, 3.63) is 35.9 Å². The zero-order chi connectivity index (χ0) is 15.5. The summed E-state index contributed by atoms with van der Waals surface area (Å²) in [4.78, 5) is 11.6. The van der Waals surface area contributed by atoms with Gasteiger partial charge in [-0.05, 0) is 24.3 Å². The molecular weight excluding hydrogens is 290 g/mol. The standard InChI is InChI=1S/C14H21N3O3S/c1-11-7-9-17(10-8-11)21(19,20)16-13(14(15)18)12-5-3-2-4-6-12/h2-6,11,13,16H,7-10H2,1H3,(H2,15,18). The van der Waals surface area contributed by atoms with Gasteiger partial charge in [-0.1, -0.05) is 37.3 Å². The number of nitrogens with two attached hydrogens (primary N) is 1. The Bertz CT molecular complexity index is 581. The molecule has 6 nitrogen and oxygen atoms in total. The molecule has 1 unspecified atom stereocenters. The molecule has 0 aliphatic carbocycles. The summed E-state index contributed by atoms with van der Waals surface area (Å²) >= 11 is 0. The van der Waals surface area contributed by atoms with Crippen LogP contribution in [0.2, 0.25) is 0 Å². The summed E-state index contributed by atoms with van der Waals surface area (Å²) in [7, 11) is -3.72. The summed E-state index contributed by atoms with van der Waals surface area (Å²) < 4.78 is 28.6. The van der Waals surface area contributed by atoms with Gasteiger partial charge in [-0.3, -0.25) is 4.79 Å². The van der Waals surface area contributed by atoms with Gasteiger partial charge >= 0.3 is 0 Å². The molecule has 3 N–H and O–H groups in total. The fourth-order valence-corrected chi connectivity index (χ4v) is 3.78. The molecule has 0 spiro atoms. The van der Waals surface area contributed by atoms with Crippen molar-refractivity contribution in [2.24, 2.45) is 11.7 Å². The largest absolute Gasteiger partial charge is 0.368 e. The van der Waals surface area contributed by atoms with Gasteiger partial charge in [0.15, 0.2) is 0 Å². The Labute approximate surface area is 125 Å². The monoisotopic (exact) mass is 311 g/mol. The van der Waals surface area contributed by atoms with Crippen molar-refractivity contribution >= 4 is 16.1 Å². The van der Waals surface area contributed by atoms with E-state index in [2.05, 4.69) is 11.6 Å². The SMILES string of the molecule is CC1CCN(S(=O)(=O)NC(C(N)=O)c2ccccc2)CC1. The van der Waals surface area contributed by atoms with Crippen LogP contribution in [0.15, 0.2) is 30.3 Å². The third-order valence-electron chi connectivity index (χ3n) is 3.77. The van der Waals surface area contributed by atoms with Crippen LogP contribution in [0.25, 0.3) is 0 Å². The number of hydrogen-bond donors (Lipinski definition) is 2. The van der Waals surface area contributed by atoms with E-state index in [1.54, 1.807) is 30.3 Å². The van der Waals surface area contributed by atoms with Crippen LogP contribution < -0.4 is 10.5 Å². The quantitative estimate of drug-likeness (QED) is 0.841. The molecule has 21 heavy (non-hydrogen) atoms. The lowest BCUT2D eigenvalue weighted by molar-refractivity contribution is -0.119. The predicted molar refractivity (Wildman–Crippen MR) is 80.4 cm³/mol. The molecule has 1 aliphatic rings. The van der Waals surface area contributed by atoms with E-state index in [1.807, 2.05) is 0 Å². The lowest BCUT2D eigenvalue weighted by Crippen LogP contribution is -2.48. The zero-order valence-electron chi connectivity index (χ0n) is 12.0. The van der Waals surface area contributed by atoms with E-state index in [0.29, 0.717) is 24.6 Å². The van der Waals surface area contributed by atoms with Crippen LogP contribution in [0, 0.1) is 5.92 Å². The van der Waals surface area contributed by atoms with Crippen molar-refractivity contribution in [2.75, 3.05) is 13.1 Å². The summed E-state index contributed by atoms with van der Waals surface area (Å²) in [6.45, 7) is 3.04. The highest BCUT2D eigenvalue weighted by molar-refractivity contribution is 7.87. The third-order valence-corrected chi connectivity index (χ3v) is 5.35. The van der Waals surface area contributed by atoms with Crippen molar-refractivity contribution in [1.82, 2.24) is 9.03 Å². The number of carbonyl (C=O) groups is 1. The Kier molecular flexibility index (Phi) is 4.97. The molecule has 1 atom stereocenters. The number of nitrogens with zero attached hydrogens (tertiary/aromatic N) is 1. The number of nitrogens with one attached hydrogen (secondary N) is 1. The maximum atomic E-state index is 12.4. The van der Waals surface area contributed by atoms with E-state index < -0.39 is 22.2 Å². The second-order valence-electron chi connectivity index (χ2n) is 5.45. The molecule has 0 aromatic heterocycles. The molecule has 1 aromatic carbocycles. The third kappa shape index (κ3) is 4.03. The number of benzene rings is 1. The first-order valence-corrected chi connectivity index (χ1v) is 8.46. The van der Waals surface area contributed by atoms with Crippen LogP contribution in [-0.2, 0) is 15.0 Å². The Morgan fingerprint density at radius 2 is 1.86 bits per heavy atom. The van der Waals surface area contributed by atoms with E-state index in [9.17, 15) is 13.2 Å². The predicted octanol–water partition coefficient (Wildman–Crippen LogP) is 0.779. The smallest absolute Gasteiger partial charge is 0.280 e. The van der Waals surface area contributed by atoms with Gasteiger partial charge in [0.1, 0.15) is 6.04 Å². The summed E-state index contributed by atoms with van der Waals surface area (Å²) in [6, 6.07) is 7.58. The minimum atomic E-state index is -3.72. The number of rotatable bonds is 5. The highest BCUT2D eigenvalue weighted by Crippen LogP contribution is 2.20. The summed E-state index contributed by atoms with van der Waals surface area (Å²) in [5.74, 6) is -0.187. The van der Waals surface area contributed by atoms with Crippen LogP contribution in [-0.4, -0.2) is 31.7 Å². The van der Waals surface area contributed by atoms with E-state index in [1.165, 1.54) is 4.31 Å². The van der Waals surface area contributed by atoms with Crippen LogP contribution in [0.4, 0.5) is 0 Å². The first kappa shape index (κ1) is 15.9. The minimum Gasteiger partial charge on any atom is -0.368 e.